The fourth-order valence-electron chi connectivity index (χ4n) is 2.81. The standard InChI is InChI=1S/C16H25N/c1-12(2)10-14-7-5-8-15(11-14)16-9-4-6-13(3)17-16/h5,7-8,11-13,16-17H,4,6,9-10H2,1-3H3. The summed E-state index contributed by atoms with van der Waals surface area (Å²) in [6.07, 6.45) is 5.15. The monoisotopic (exact) mass is 231 g/mol. The van der Waals surface area contributed by atoms with Crippen molar-refractivity contribution in [1.29, 1.82) is 0 Å². The van der Waals surface area contributed by atoms with Crippen molar-refractivity contribution in [2.45, 2.75) is 58.5 Å². The molecule has 1 aromatic carbocycles. The number of hydrogen-bond acceptors (Lipinski definition) is 1. The highest BCUT2D eigenvalue weighted by molar-refractivity contribution is 5.26. The Kier molecular flexibility index (Phi) is 4.22. The third-order valence-electron chi connectivity index (χ3n) is 3.61. The van der Waals surface area contributed by atoms with Crippen LogP contribution in [-0.2, 0) is 6.42 Å². The third kappa shape index (κ3) is 3.57. The summed E-state index contributed by atoms with van der Waals surface area (Å²) in [5.41, 5.74) is 2.97. The minimum Gasteiger partial charge on any atom is -0.307 e. The van der Waals surface area contributed by atoms with Crippen LogP contribution in [0.3, 0.4) is 0 Å². The van der Waals surface area contributed by atoms with Crippen molar-refractivity contribution in [3.63, 3.8) is 0 Å². The summed E-state index contributed by atoms with van der Waals surface area (Å²) in [4.78, 5) is 0. The first-order chi connectivity index (χ1) is 8.15. The molecule has 0 aromatic heterocycles. The van der Waals surface area contributed by atoms with Crippen molar-refractivity contribution in [3.8, 4) is 0 Å². The number of hydrogen-bond donors (Lipinski definition) is 1. The molecule has 17 heavy (non-hydrogen) atoms. The van der Waals surface area contributed by atoms with Crippen LogP contribution >= 0.6 is 0 Å². The second-order valence-electron chi connectivity index (χ2n) is 5.89. The first-order valence-electron chi connectivity index (χ1n) is 7.00. The predicted octanol–water partition coefficient (Wildman–Crippen LogP) is 4.09. The Balaban J connectivity index is 2.09. The highest BCUT2D eigenvalue weighted by Gasteiger charge is 2.19. The van der Waals surface area contributed by atoms with Crippen LogP contribution in [0.25, 0.3) is 0 Å². The van der Waals surface area contributed by atoms with Crippen molar-refractivity contribution in [3.05, 3.63) is 35.4 Å². The number of benzene rings is 1. The van der Waals surface area contributed by atoms with E-state index < -0.39 is 0 Å². The van der Waals surface area contributed by atoms with Gasteiger partial charge in [0.1, 0.15) is 0 Å². The summed E-state index contributed by atoms with van der Waals surface area (Å²) < 4.78 is 0. The molecular weight excluding hydrogens is 206 g/mol. The van der Waals surface area contributed by atoms with E-state index in [1.807, 2.05) is 0 Å². The molecule has 1 heterocycles. The molecule has 2 unspecified atom stereocenters. The molecule has 1 aromatic rings. The van der Waals surface area contributed by atoms with Crippen LogP contribution in [0.5, 0.6) is 0 Å². The molecule has 1 heteroatoms. The molecule has 0 bridgehead atoms. The molecule has 1 aliphatic heterocycles. The number of rotatable bonds is 3. The average molecular weight is 231 g/mol. The lowest BCUT2D eigenvalue weighted by Crippen LogP contribution is -2.34. The lowest BCUT2D eigenvalue weighted by atomic mass is 9.92. The summed E-state index contributed by atoms with van der Waals surface area (Å²) in [6, 6.07) is 10.4. The molecule has 1 saturated heterocycles. The minimum absolute atomic E-state index is 0.575. The molecular formula is C16H25N. The van der Waals surface area contributed by atoms with E-state index in [0.29, 0.717) is 12.1 Å². The molecule has 1 N–H and O–H groups in total. The van der Waals surface area contributed by atoms with E-state index in [-0.39, 0.29) is 0 Å². The van der Waals surface area contributed by atoms with Crippen LogP contribution in [0.4, 0.5) is 0 Å². The molecule has 1 aliphatic rings. The molecule has 0 aliphatic carbocycles. The Labute approximate surface area is 106 Å². The second kappa shape index (κ2) is 5.68. The Morgan fingerprint density at radius 3 is 2.82 bits per heavy atom. The maximum absolute atomic E-state index is 3.71. The van der Waals surface area contributed by atoms with Gasteiger partial charge in [-0.15, -0.1) is 0 Å². The third-order valence-corrected chi connectivity index (χ3v) is 3.61. The van der Waals surface area contributed by atoms with Crippen LogP contribution in [0, 0.1) is 5.92 Å². The van der Waals surface area contributed by atoms with Gasteiger partial charge in [0.25, 0.3) is 0 Å². The lowest BCUT2D eigenvalue weighted by Gasteiger charge is -2.29. The topological polar surface area (TPSA) is 12.0 Å². The Hall–Kier alpha value is -0.820. The van der Waals surface area contributed by atoms with Gasteiger partial charge in [-0.1, -0.05) is 44.5 Å². The van der Waals surface area contributed by atoms with Crippen molar-refractivity contribution >= 4 is 0 Å². The minimum atomic E-state index is 0.575. The average Bonchev–Trinajstić information content (AvgIpc) is 2.28. The Morgan fingerprint density at radius 2 is 2.12 bits per heavy atom. The summed E-state index contributed by atoms with van der Waals surface area (Å²) in [5, 5.41) is 3.71. The van der Waals surface area contributed by atoms with Crippen LogP contribution in [-0.4, -0.2) is 6.04 Å². The van der Waals surface area contributed by atoms with Gasteiger partial charge in [0.2, 0.25) is 0 Å². The van der Waals surface area contributed by atoms with Gasteiger partial charge < -0.3 is 5.32 Å². The quantitative estimate of drug-likeness (QED) is 0.826. The fourth-order valence-corrected chi connectivity index (χ4v) is 2.81. The van der Waals surface area contributed by atoms with Crippen molar-refractivity contribution in [1.82, 2.24) is 5.32 Å². The molecule has 1 nitrogen and oxygen atoms in total. The fraction of sp³-hybridized carbons (Fsp3) is 0.625. The maximum Gasteiger partial charge on any atom is 0.0322 e. The zero-order valence-corrected chi connectivity index (χ0v) is 11.4. The van der Waals surface area contributed by atoms with Crippen LogP contribution in [0.2, 0.25) is 0 Å². The highest BCUT2D eigenvalue weighted by atomic mass is 15.0. The van der Waals surface area contributed by atoms with Gasteiger partial charge in [-0.3, -0.25) is 0 Å². The van der Waals surface area contributed by atoms with Gasteiger partial charge in [0, 0.05) is 12.1 Å². The SMILES string of the molecule is CC(C)Cc1cccc(C2CCCC(C)N2)c1. The van der Waals surface area contributed by atoms with Gasteiger partial charge >= 0.3 is 0 Å². The Bertz CT molecular complexity index is 356. The van der Waals surface area contributed by atoms with Crippen molar-refractivity contribution in [2.75, 3.05) is 0 Å². The normalized spacial score (nSPS) is 25.2. The van der Waals surface area contributed by atoms with Gasteiger partial charge in [0.15, 0.2) is 0 Å². The second-order valence-corrected chi connectivity index (χ2v) is 5.89. The maximum atomic E-state index is 3.71. The largest absolute Gasteiger partial charge is 0.307 e. The predicted molar refractivity (Wildman–Crippen MR) is 74.2 cm³/mol. The zero-order chi connectivity index (χ0) is 12.3. The van der Waals surface area contributed by atoms with Gasteiger partial charge in [-0.25, -0.2) is 0 Å². The van der Waals surface area contributed by atoms with Gasteiger partial charge in [0.05, 0.1) is 0 Å². The molecule has 0 saturated carbocycles. The molecule has 0 amide bonds. The van der Waals surface area contributed by atoms with E-state index in [9.17, 15) is 0 Å². The van der Waals surface area contributed by atoms with E-state index in [1.165, 1.54) is 36.8 Å². The van der Waals surface area contributed by atoms with E-state index in [1.54, 1.807) is 0 Å². The van der Waals surface area contributed by atoms with E-state index >= 15 is 0 Å². The van der Waals surface area contributed by atoms with Crippen LogP contribution in [0.1, 0.15) is 57.2 Å². The van der Waals surface area contributed by atoms with Crippen molar-refractivity contribution < 1.29 is 0 Å². The highest BCUT2D eigenvalue weighted by Crippen LogP contribution is 2.26. The summed E-state index contributed by atoms with van der Waals surface area (Å²) >= 11 is 0. The molecule has 0 radical (unpaired) electrons. The summed E-state index contributed by atoms with van der Waals surface area (Å²) in [7, 11) is 0. The molecule has 94 valence electrons. The number of piperidine rings is 1. The van der Waals surface area contributed by atoms with E-state index in [4.69, 9.17) is 0 Å². The van der Waals surface area contributed by atoms with E-state index in [2.05, 4.69) is 50.4 Å². The van der Waals surface area contributed by atoms with Gasteiger partial charge in [-0.05, 0) is 43.2 Å². The first kappa shape index (κ1) is 12.6. The van der Waals surface area contributed by atoms with Crippen LogP contribution in [0.15, 0.2) is 24.3 Å². The van der Waals surface area contributed by atoms with E-state index in [0.717, 1.165) is 5.92 Å². The zero-order valence-electron chi connectivity index (χ0n) is 11.4. The van der Waals surface area contributed by atoms with Crippen LogP contribution < -0.4 is 5.32 Å². The molecule has 0 spiro atoms. The lowest BCUT2D eigenvalue weighted by molar-refractivity contribution is 0.341. The molecule has 1 fully saturated rings. The number of nitrogens with one attached hydrogen (secondary N) is 1. The molecule has 2 rings (SSSR count). The Morgan fingerprint density at radius 1 is 1.29 bits per heavy atom. The summed E-state index contributed by atoms with van der Waals surface area (Å²) in [6.45, 7) is 6.87. The summed E-state index contributed by atoms with van der Waals surface area (Å²) in [5.74, 6) is 0.739. The first-order valence-corrected chi connectivity index (χ1v) is 7.00. The van der Waals surface area contributed by atoms with Gasteiger partial charge in [-0.2, -0.15) is 0 Å². The van der Waals surface area contributed by atoms with Crippen molar-refractivity contribution in [2.24, 2.45) is 5.92 Å². The smallest absolute Gasteiger partial charge is 0.0322 e. The molecule has 2 atom stereocenters.